The zero-order valence-corrected chi connectivity index (χ0v) is 12.0. The second-order valence-corrected chi connectivity index (χ2v) is 5.16. The lowest BCUT2D eigenvalue weighted by Crippen LogP contribution is -2.41. The Kier molecular flexibility index (Phi) is 6.50. The molecule has 1 unspecified atom stereocenters. The van der Waals surface area contributed by atoms with Crippen LogP contribution < -0.4 is 0 Å². The molecule has 1 aromatic heterocycles. The van der Waals surface area contributed by atoms with E-state index in [2.05, 4.69) is 4.98 Å². The van der Waals surface area contributed by atoms with Gasteiger partial charge >= 0.3 is 0 Å². The Hall–Kier alpha value is -1.42. The van der Waals surface area contributed by atoms with Crippen LogP contribution in [-0.2, 0) is 11.2 Å². The van der Waals surface area contributed by atoms with Gasteiger partial charge in [-0.1, -0.05) is 6.07 Å². The van der Waals surface area contributed by atoms with E-state index in [-0.39, 0.29) is 11.9 Å². The minimum absolute atomic E-state index is 0.104. The lowest BCUT2D eigenvalue weighted by molar-refractivity contribution is -0.134. The largest absolute Gasteiger partial charge is 0.392 e. The number of aliphatic hydroxyl groups is 1. The number of amides is 1. The van der Waals surface area contributed by atoms with Crippen LogP contribution in [0.5, 0.6) is 0 Å². The summed E-state index contributed by atoms with van der Waals surface area (Å²) in [6.07, 6.45) is 3.39. The van der Waals surface area contributed by atoms with Gasteiger partial charge in [-0.15, -0.1) is 0 Å². The summed E-state index contributed by atoms with van der Waals surface area (Å²) < 4.78 is 0. The number of rotatable bonds is 7. The first kappa shape index (κ1) is 15.6. The molecule has 1 N–H and O–H groups in total. The number of hydrogen-bond donors (Lipinski definition) is 1. The molecule has 0 aliphatic carbocycles. The number of carbonyl (C=O) groups is 1. The number of carbonyl (C=O) groups excluding carboxylic acids is 1. The van der Waals surface area contributed by atoms with Gasteiger partial charge in [0.2, 0.25) is 5.91 Å². The summed E-state index contributed by atoms with van der Waals surface area (Å²) in [6, 6.07) is 5.94. The Morgan fingerprint density at radius 3 is 2.63 bits per heavy atom. The molecule has 4 heteroatoms. The zero-order valence-electron chi connectivity index (χ0n) is 12.0. The molecule has 0 aromatic carbocycles. The minimum Gasteiger partial charge on any atom is -0.392 e. The lowest BCUT2D eigenvalue weighted by Gasteiger charge is -2.28. The van der Waals surface area contributed by atoms with Crippen molar-refractivity contribution in [2.75, 3.05) is 6.54 Å². The summed E-state index contributed by atoms with van der Waals surface area (Å²) in [5.41, 5.74) is 1.02. The normalized spacial score (nSPS) is 12.5. The first-order valence-electron chi connectivity index (χ1n) is 6.88. The summed E-state index contributed by atoms with van der Waals surface area (Å²) in [7, 11) is 0. The summed E-state index contributed by atoms with van der Waals surface area (Å²) >= 11 is 0. The van der Waals surface area contributed by atoms with Crippen molar-refractivity contribution in [2.24, 2.45) is 0 Å². The van der Waals surface area contributed by atoms with Gasteiger partial charge in [0.05, 0.1) is 6.10 Å². The predicted molar refractivity (Wildman–Crippen MR) is 75.7 cm³/mol. The van der Waals surface area contributed by atoms with Crippen molar-refractivity contribution in [1.29, 1.82) is 0 Å². The third-order valence-corrected chi connectivity index (χ3v) is 2.95. The molecule has 0 bridgehead atoms. The van der Waals surface area contributed by atoms with Crippen molar-refractivity contribution < 1.29 is 9.90 Å². The molecule has 1 aromatic rings. The molecule has 0 aliphatic heterocycles. The van der Waals surface area contributed by atoms with E-state index in [4.69, 9.17) is 0 Å². The second-order valence-electron chi connectivity index (χ2n) is 5.16. The average molecular weight is 264 g/mol. The van der Waals surface area contributed by atoms with E-state index >= 15 is 0 Å². The van der Waals surface area contributed by atoms with E-state index in [1.807, 2.05) is 32.0 Å². The van der Waals surface area contributed by atoms with Crippen molar-refractivity contribution in [2.45, 2.75) is 52.2 Å². The van der Waals surface area contributed by atoms with Crippen molar-refractivity contribution in [1.82, 2.24) is 9.88 Å². The third-order valence-electron chi connectivity index (χ3n) is 2.95. The smallest absolute Gasteiger partial charge is 0.222 e. The summed E-state index contributed by atoms with van der Waals surface area (Å²) in [5.74, 6) is 0.104. The minimum atomic E-state index is -0.484. The van der Waals surface area contributed by atoms with Crippen LogP contribution in [-0.4, -0.2) is 39.6 Å². The maximum atomic E-state index is 12.1. The number of hydrogen-bond acceptors (Lipinski definition) is 3. The van der Waals surface area contributed by atoms with E-state index < -0.39 is 6.10 Å². The van der Waals surface area contributed by atoms with Crippen LogP contribution in [0.1, 0.15) is 39.3 Å². The number of pyridine rings is 1. The Morgan fingerprint density at radius 2 is 2.11 bits per heavy atom. The fourth-order valence-electron chi connectivity index (χ4n) is 2.00. The molecule has 0 aliphatic rings. The van der Waals surface area contributed by atoms with E-state index in [1.54, 1.807) is 18.0 Å². The number of aryl methyl sites for hydroxylation is 1. The molecule has 1 rings (SSSR count). The maximum Gasteiger partial charge on any atom is 0.222 e. The van der Waals surface area contributed by atoms with Crippen molar-refractivity contribution in [3.05, 3.63) is 30.1 Å². The molecule has 0 saturated carbocycles. The molecule has 0 radical (unpaired) electrons. The Balaban J connectivity index is 2.40. The zero-order chi connectivity index (χ0) is 14.3. The van der Waals surface area contributed by atoms with E-state index in [0.717, 1.165) is 18.5 Å². The number of aromatic nitrogens is 1. The van der Waals surface area contributed by atoms with Gasteiger partial charge in [0.1, 0.15) is 0 Å². The predicted octanol–water partition coefficient (Wildman–Crippen LogP) is 2.02. The fraction of sp³-hybridized carbons (Fsp3) is 0.600. The Morgan fingerprint density at radius 1 is 1.37 bits per heavy atom. The Labute approximate surface area is 115 Å². The van der Waals surface area contributed by atoms with Gasteiger partial charge in [-0.2, -0.15) is 0 Å². The highest BCUT2D eigenvalue weighted by Gasteiger charge is 2.18. The van der Waals surface area contributed by atoms with Crippen LogP contribution in [0.4, 0.5) is 0 Å². The summed E-state index contributed by atoms with van der Waals surface area (Å²) in [6.45, 7) is 6.05. The van der Waals surface area contributed by atoms with E-state index in [9.17, 15) is 9.90 Å². The van der Waals surface area contributed by atoms with Gasteiger partial charge in [0.25, 0.3) is 0 Å². The van der Waals surface area contributed by atoms with Gasteiger partial charge in [-0.05, 0) is 45.7 Å². The fourth-order valence-corrected chi connectivity index (χ4v) is 2.00. The molecule has 1 atom stereocenters. The topological polar surface area (TPSA) is 53.4 Å². The third kappa shape index (κ3) is 5.83. The highest BCUT2D eigenvalue weighted by Crippen LogP contribution is 2.08. The molecule has 4 nitrogen and oxygen atoms in total. The van der Waals surface area contributed by atoms with E-state index in [1.165, 1.54) is 0 Å². The average Bonchev–Trinajstić information content (AvgIpc) is 2.36. The van der Waals surface area contributed by atoms with Gasteiger partial charge in [-0.25, -0.2) is 0 Å². The molecule has 1 amide bonds. The maximum absolute atomic E-state index is 12.1. The molecule has 0 fully saturated rings. The molecular weight excluding hydrogens is 240 g/mol. The summed E-state index contributed by atoms with van der Waals surface area (Å²) in [5, 5.41) is 9.42. The number of aliphatic hydroxyl groups excluding tert-OH is 1. The molecule has 1 heterocycles. The van der Waals surface area contributed by atoms with Gasteiger partial charge in [0.15, 0.2) is 0 Å². The molecular formula is C15H24N2O2. The monoisotopic (exact) mass is 264 g/mol. The molecule has 106 valence electrons. The highest BCUT2D eigenvalue weighted by molar-refractivity contribution is 5.76. The van der Waals surface area contributed by atoms with Crippen LogP contribution in [0.3, 0.4) is 0 Å². The van der Waals surface area contributed by atoms with Crippen molar-refractivity contribution in [3.8, 4) is 0 Å². The van der Waals surface area contributed by atoms with Crippen LogP contribution in [0, 0.1) is 0 Å². The van der Waals surface area contributed by atoms with Crippen LogP contribution >= 0.6 is 0 Å². The van der Waals surface area contributed by atoms with Crippen LogP contribution in [0.25, 0.3) is 0 Å². The van der Waals surface area contributed by atoms with Crippen molar-refractivity contribution in [3.63, 3.8) is 0 Å². The van der Waals surface area contributed by atoms with E-state index in [0.29, 0.717) is 13.0 Å². The highest BCUT2D eigenvalue weighted by atomic mass is 16.3. The standard InChI is InChI=1S/C15H24N2O2/c1-12(2)17(11-13(3)18)15(19)9-6-8-14-7-4-5-10-16-14/h4-5,7,10,12-13,18H,6,8-9,11H2,1-3H3. The van der Waals surface area contributed by atoms with Gasteiger partial charge < -0.3 is 10.0 Å². The molecule has 19 heavy (non-hydrogen) atoms. The van der Waals surface area contributed by atoms with Crippen LogP contribution in [0.15, 0.2) is 24.4 Å². The molecule has 0 saturated heterocycles. The van der Waals surface area contributed by atoms with Gasteiger partial charge in [-0.3, -0.25) is 9.78 Å². The second kappa shape index (κ2) is 7.89. The lowest BCUT2D eigenvalue weighted by atomic mass is 10.1. The molecule has 0 spiro atoms. The first-order chi connectivity index (χ1) is 9.00. The SMILES string of the molecule is CC(O)CN(C(=O)CCCc1ccccn1)C(C)C. The van der Waals surface area contributed by atoms with Crippen molar-refractivity contribution >= 4 is 5.91 Å². The Bertz CT molecular complexity index is 377. The number of nitrogens with zero attached hydrogens (tertiary/aromatic N) is 2. The first-order valence-corrected chi connectivity index (χ1v) is 6.88. The quantitative estimate of drug-likeness (QED) is 0.819. The summed E-state index contributed by atoms with van der Waals surface area (Å²) in [4.78, 5) is 18.1. The van der Waals surface area contributed by atoms with Crippen LogP contribution in [0.2, 0.25) is 0 Å². The van der Waals surface area contributed by atoms with Gasteiger partial charge in [0, 0.05) is 30.9 Å².